The smallest absolute Gasteiger partial charge is 0.123 e. The van der Waals surface area contributed by atoms with Crippen molar-refractivity contribution >= 4 is 15.4 Å². The lowest BCUT2D eigenvalue weighted by atomic mass is 10.2. The molecule has 64 valence electrons. The predicted octanol–water partition coefficient (Wildman–Crippen LogP) is 2.07. The van der Waals surface area contributed by atoms with Crippen LogP contribution in [0.2, 0.25) is 0 Å². The van der Waals surface area contributed by atoms with E-state index in [0.29, 0.717) is 11.4 Å². The molecule has 0 saturated heterocycles. The van der Waals surface area contributed by atoms with Crippen LogP contribution in [0.4, 0.5) is 10.1 Å². The zero-order valence-electron chi connectivity index (χ0n) is 6.58. The van der Waals surface area contributed by atoms with E-state index in [0.717, 1.165) is 5.56 Å². The maximum Gasteiger partial charge on any atom is 0.123 e. The standard InChI is InChI=1S/C8H8FNOS/c1-12(11)5-6-4-7(9)2-3-8(6)10-12/h2-4H,5H2,1H3. The fraction of sp³-hybridized carbons (Fsp3) is 0.250. The van der Waals surface area contributed by atoms with Crippen molar-refractivity contribution in [3.63, 3.8) is 0 Å². The molecular weight excluding hydrogens is 177 g/mol. The molecule has 0 amide bonds. The van der Waals surface area contributed by atoms with E-state index >= 15 is 0 Å². The Morgan fingerprint density at radius 3 is 3.08 bits per heavy atom. The lowest BCUT2D eigenvalue weighted by molar-refractivity contribution is 0.626. The highest BCUT2D eigenvalue weighted by molar-refractivity contribution is 7.92. The molecule has 1 unspecified atom stereocenters. The first-order valence-corrected chi connectivity index (χ1v) is 5.64. The number of benzene rings is 1. The Hall–Kier alpha value is -0.900. The van der Waals surface area contributed by atoms with E-state index in [-0.39, 0.29) is 5.82 Å². The third kappa shape index (κ3) is 1.22. The molecule has 1 aliphatic heterocycles. The van der Waals surface area contributed by atoms with E-state index in [1.807, 2.05) is 0 Å². The maximum atomic E-state index is 12.7. The molecule has 0 saturated carbocycles. The van der Waals surface area contributed by atoms with Crippen LogP contribution in [0.25, 0.3) is 0 Å². The molecule has 1 aromatic rings. The highest BCUT2D eigenvalue weighted by Crippen LogP contribution is 2.30. The van der Waals surface area contributed by atoms with E-state index in [1.54, 1.807) is 12.3 Å². The molecular formula is C8H8FNOS. The molecule has 0 aromatic heterocycles. The van der Waals surface area contributed by atoms with Crippen LogP contribution in [0.5, 0.6) is 0 Å². The average Bonchev–Trinajstić information content (AvgIpc) is 2.21. The third-order valence-electron chi connectivity index (χ3n) is 1.76. The largest absolute Gasteiger partial charge is 0.249 e. The first-order valence-electron chi connectivity index (χ1n) is 3.55. The molecule has 1 heterocycles. The Morgan fingerprint density at radius 2 is 2.33 bits per heavy atom. The molecule has 2 nitrogen and oxygen atoms in total. The topological polar surface area (TPSA) is 29.4 Å². The molecule has 0 fully saturated rings. The molecule has 0 radical (unpaired) electrons. The summed E-state index contributed by atoms with van der Waals surface area (Å²) in [5.74, 6) is 0.0844. The summed E-state index contributed by atoms with van der Waals surface area (Å²) in [7, 11) is -2.11. The third-order valence-corrected chi connectivity index (χ3v) is 3.19. The molecule has 2 rings (SSSR count). The minimum atomic E-state index is -2.11. The van der Waals surface area contributed by atoms with Gasteiger partial charge in [0.15, 0.2) is 0 Å². The summed E-state index contributed by atoms with van der Waals surface area (Å²) in [6.07, 6.45) is 1.59. The van der Waals surface area contributed by atoms with Crippen molar-refractivity contribution in [3.8, 4) is 0 Å². The highest BCUT2D eigenvalue weighted by atomic mass is 32.2. The van der Waals surface area contributed by atoms with Gasteiger partial charge in [-0.25, -0.2) is 8.60 Å². The van der Waals surface area contributed by atoms with Gasteiger partial charge in [-0.3, -0.25) is 0 Å². The van der Waals surface area contributed by atoms with E-state index in [1.165, 1.54) is 12.1 Å². The van der Waals surface area contributed by atoms with Crippen LogP contribution in [0.1, 0.15) is 5.56 Å². The van der Waals surface area contributed by atoms with Crippen molar-refractivity contribution in [2.24, 2.45) is 4.36 Å². The van der Waals surface area contributed by atoms with E-state index in [2.05, 4.69) is 4.36 Å². The monoisotopic (exact) mass is 185 g/mol. The van der Waals surface area contributed by atoms with Gasteiger partial charge in [0.25, 0.3) is 0 Å². The van der Waals surface area contributed by atoms with Crippen molar-refractivity contribution in [1.29, 1.82) is 0 Å². The molecule has 0 spiro atoms. The second-order valence-corrected chi connectivity index (χ2v) is 5.36. The van der Waals surface area contributed by atoms with Crippen LogP contribution in [0, 0.1) is 5.82 Å². The fourth-order valence-corrected chi connectivity index (χ4v) is 2.75. The van der Waals surface area contributed by atoms with Gasteiger partial charge in [-0.15, -0.1) is 0 Å². The second kappa shape index (κ2) is 2.29. The van der Waals surface area contributed by atoms with Crippen molar-refractivity contribution in [2.45, 2.75) is 5.75 Å². The van der Waals surface area contributed by atoms with Crippen molar-refractivity contribution in [2.75, 3.05) is 6.26 Å². The molecule has 0 bridgehead atoms. The van der Waals surface area contributed by atoms with Gasteiger partial charge in [-0.05, 0) is 23.8 Å². The summed E-state index contributed by atoms with van der Waals surface area (Å²) in [6.45, 7) is 0. The number of hydrogen-bond donors (Lipinski definition) is 0. The van der Waals surface area contributed by atoms with Crippen molar-refractivity contribution < 1.29 is 8.60 Å². The predicted molar refractivity (Wildman–Crippen MR) is 46.3 cm³/mol. The van der Waals surface area contributed by atoms with Gasteiger partial charge in [-0.1, -0.05) is 0 Å². The summed E-state index contributed by atoms with van der Waals surface area (Å²) in [4.78, 5) is 0. The summed E-state index contributed by atoms with van der Waals surface area (Å²) in [5.41, 5.74) is 1.42. The quantitative estimate of drug-likeness (QED) is 0.608. The Bertz CT molecular complexity index is 446. The number of nitrogens with zero attached hydrogens (tertiary/aromatic N) is 1. The normalized spacial score (nSPS) is 26.5. The van der Waals surface area contributed by atoms with E-state index in [4.69, 9.17) is 0 Å². The lowest BCUT2D eigenvalue weighted by Crippen LogP contribution is -1.93. The molecule has 4 heteroatoms. The minimum absolute atomic E-state index is 0.291. The molecule has 1 aromatic carbocycles. The first-order chi connectivity index (χ1) is 5.57. The van der Waals surface area contributed by atoms with Gasteiger partial charge in [0, 0.05) is 6.26 Å². The number of fused-ring (bicyclic) bond motifs is 1. The first kappa shape index (κ1) is 7.73. The SMILES string of the molecule is CS1(=O)=Nc2ccc(F)cc2C1. The van der Waals surface area contributed by atoms with Crippen LogP contribution in [0.3, 0.4) is 0 Å². The maximum absolute atomic E-state index is 12.7. The zero-order valence-corrected chi connectivity index (χ0v) is 7.40. The summed E-state index contributed by atoms with van der Waals surface area (Å²) in [5, 5.41) is 0. The lowest BCUT2D eigenvalue weighted by Gasteiger charge is -1.94. The highest BCUT2D eigenvalue weighted by Gasteiger charge is 2.16. The Kier molecular flexibility index (Phi) is 1.48. The molecule has 12 heavy (non-hydrogen) atoms. The molecule has 1 atom stereocenters. The van der Waals surface area contributed by atoms with E-state index in [9.17, 15) is 8.60 Å². The van der Waals surface area contributed by atoms with E-state index < -0.39 is 9.73 Å². The average molecular weight is 185 g/mol. The van der Waals surface area contributed by atoms with Crippen LogP contribution >= 0.6 is 0 Å². The molecule has 1 aliphatic rings. The Morgan fingerprint density at radius 1 is 1.58 bits per heavy atom. The minimum Gasteiger partial charge on any atom is -0.249 e. The van der Waals surface area contributed by atoms with Gasteiger partial charge in [0.05, 0.1) is 21.2 Å². The number of halogens is 1. The van der Waals surface area contributed by atoms with Crippen LogP contribution in [-0.2, 0) is 15.5 Å². The van der Waals surface area contributed by atoms with Crippen molar-refractivity contribution in [1.82, 2.24) is 0 Å². The molecule has 0 N–H and O–H groups in total. The van der Waals surface area contributed by atoms with Gasteiger partial charge in [0.2, 0.25) is 0 Å². The van der Waals surface area contributed by atoms with Crippen molar-refractivity contribution in [3.05, 3.63) is 29.6 Å². The zero-order chi connectivity index (χ0) is 8.77. The fourth-order valence-electron chi connectivity index (χ4n) is 1.29. The number of rotatable bonds is 0. The van der Waals surface area contributed by atoms with Crippen LogP contribution in [0.15, 0.2) is 22.6 Å². The van der Waals surface area contributed by atoms with Crippen LogP contribution in [-0.4, -0.2) is 10.5 Å². The van der Waals surface area contributed by atoms with Crippen LogP contribution < -0.4 is 0 Å². The van der Waals surface area contributed by atoms with Gasteiger partial charge < -0.3 is 0 Å². The summed E-state index contributed by atoms with van der Waals surface area (Å²) < 4.78 is 28.1. The second-order valence-electron chi connectivity index (χ2n) is 2.97. The Balaban J connectivity index is 2.61. The summed E-state index contributed by atoms with van der Waals surface area (Å²) in [6, 6.07) is 4.30. The Labute approximate surface area is 70.6 Å². The number of hydrogen-bond acceptors (Lipinski definition) is 2. The van der Waals surface area contributed by atoms with Gasteiger partial charge in [-0.2, -0.15) is 4.36 Å². The van der Waals surface area contributed by atoms with Gasteiger partial charge >= 0.3 is 0 Å². The van der Waals surface area contributed by atoms with Gasteiger partial charge in [0.1, 0.15) is 5.82 Å². The summed E-state index contributed by atoms with van der Waals surface area (Å²) >= 11 is 0. The molecule has 0 aliphatic carbocycles.